The summed E-state index contributed by atoms with van der Waals surface area (Å²) in [5.74, 6) is 1.28. The zero-order valence-corrected chi connectivity index (χ0v) is 11.4. The molecule has 0 aromatic carbocycles. The van der Waals surface area contributed by atoms with Crippen LogP contribution in [0.4, 0.5) is 0 Å². The van der Waals surface area contributed by atoms with Crippen LogP contribution in [0, 0.1) is 0 Å². The molecule has 0 spiro atoms. The fraction of sp³-hybridized carbons (Fsp3) is 0.900. The van der Waals surface area contributed by atoms with Crippen molar-refractivity contribution in [2.75, 3.05) is 18.8 Å². The van der Waals surface area contributed by atoms with Crippen LogP contribution in [0.1, 0.15) is 27.2 Å². The van der Waals surface area contributed by atoms with Gasteiger partial charge in [0.2, 0.25) is 5.91 Å². The fourth-order valence-electron chi connectivity index (χ4n) is 1.49. The number of thioether (sulfide) groups is 1. The van der Waals surface area contributed by atoms with Crippen molar-refractivity contribution in [1.82, 2.24) is 4.90 Å². The summed E-state index contributed by atoms with van der Waals surface area (Å²) in [7, 11) is 0. The van der Waals surface area contributed by atoms with Gasteiger partial charge in [-0.05, 0) is 13.3 Å². The SMILES string of the molecule is CC(Br)C(=O)N1CCSC(C)(C)CC1. The van der Waals surface area contributed by atoms with Gasteiger partial charge in [0.15, 0.2) is 0 Å². The van der Waals surface area contributed by atoms with Crippen LogP contribution >= 0.6 is 27.7 Å². The van der Waals surface area contributed by atoms with E-state index in [1.54, 1.807) is 0 Å². The minimum absolute atomic E-state index is 0.0475. The van der Waals surface area contributed by atoms with E-state index >= 15 is 0 Å². The van der Waals surface area contributed by atoms with Gasteiger partial charge in [0.1, 0.15) is 0 Å². The Kier molecular flexibility index (Phi) is 4.31. The van der Waals surface area contributed by atoms with E-state index in [0.29, 0.717) is 4.75 Å². The van der Waals surface area contributed by atoms with E-state index in [-0.39, 0.29) is 10.7 Å². The standard InChI is InChI=1S/C10H18BrNOS/c1-8(11)9(13)12-5-4-10(2,3)14-7-6-12/h8H,4-7H2,1-3H3. The van der Waals surface area contributed by atoms with Crippen LogP contribution in [0.15, 0.2) is 0 Å². The lowest BCUT2D eigenvalue weighted by atomic mass is 10.1. The van der Waals surface area contributed by atoms with E-state index in [2.05, 4.69) is 29.8 Å². The Bertz CT molecular complexity index is 218. The Balaban J connectivity index is 2.54. The third kappa shape index (κ3) is 3.46. The molecule has 1 rings (SSSR count). The van der Waals surface area contributed by atoms with Gasteiger partial charge in [-0.25, -0.2) is 0 Å². The van der Waals surface area contributed by atoms with Crippen molar-refractivity contribution in [3.8, 4) is 0 Å². The van der Waals surface area contributed by atoms with E-state index in [4.69, 9.17) is 0 Å². The maximum Gasteiger partial charge on any atom is 0.236 e. The van der Waals surface area contributed by atoms with E-state index in [1.165, 1.54) is 0 Å². The molecular weight excluding hydrogens is 262 g/mol. The lowest BCUT2D eigenvalue weighted by Crippen LogP contribution is -2.37. The first kappa shape index (κ1) is 12.4. The number of halogens is 1. The van der Waals surface area contributed by atoms with Gasteiger partial charge in [0, 0.05) is 23.6 Å². The summed E-state index contributed by atoms with van der Waals surface area (Å²) in [6.45, 7) is 8.19. The molecule has 0 aliphatic carbocycles. The van der Waals surface area contributed by atoms with Crippen molar-refractivity contribution in [1.29, 1.82) is 0 Å². The predicted octanol–water partition coefficient (Wildman–Crippen LogP) is 2.51. The highest BCUT2D eigenvalue weighted by atomic mass is 79.9. The lowest BCUT2D eigenvalue weighted by molar-refractivity contribution is -0.129. The zero-order valence-electron chi connectivity index (χ0n) is 9.05. The van der Waals surface area contributed by atoms with E-state index < -0.39 is 0 Å². The Morgan fingerprint density at radius 1 is 1.50 bits per heavy atom. The van der Waals surface area contributed by atoms with Crippen LogP contribution in [0.2, 0.25) is 0 Å². The largest absolute Gasteiger partial charge is 0.341 e. The van der Waals surface area contributed by atoms with E-state index in [0.717, 1.165) is 25.3 Å². The number of hydrogen-bond donors (Lipinski definition) is 0. The molecule has 0 bridgehead atoms. The molecule has 1 unspecified atom stereocenters. The molecule has 0 saturated carbocycles. The summed E-state index contributed by atoms with van der Waals surface area (Å²) in [6, 6.07) is 0. The second-order valence-corrected chi connectivity index (χ2v) is 7.48. The topological polar surface area (TPSA) is 20.3 Å². The number of nitrogens with zero attached hydrogens (tertiary/aromatic N) is 1. The molecule has 2 nitrogen and oxygen atoms in total. The molecule has 1 saturated heterocycles. The van der Waals surface area contributed by atoms with Crippen molar-refractivity contribution < 1.29 is 4.79 Å². The molecule has 1 aliphatic rings. The molecule has 4 heteroatoms. The number of carbonyl (C=O) groups is 1. The van der Waals surface area contributed by atoms with Crippen LogP contribution in [0.5, 0.6) is 0 Å². The molecule has 1 atom stereocenters. The third-order valence-corrected chi connectivity index (χ3v) is 4.25. The second-order valence-electron chi connectivity index (χ2n) is 4.30. The first-order chi connectivity index (χ1) is 6.42. The molecule has 14 heavy (non-hydrogen) atoms. The van der Waals surface area contributed by atoms with Gasteiger partial charge in [-0.15, -0.1) is 0 Å². The van der Waals surface area contributed by atoms with Gasteiger partial charge >= 0.3 is 0 Å². The van der Waals surface area contributed by atoms with Crippen molar-refractivity contribution in [3.63, 3.8) is 0 Å². The highest BCUT2D eigenvalue weighted by molar-refractivity contribution is 9.10. The first-order valence-corrected chi connectivity index (χ1v) is 6.89. The number of rotatable bonds is 1. The van der Waals surface area contributed by atoms with Gasteiger partial charge < -0.3 is 4.90 Å². The first-order valence-electron chi connectivity index (χ1n) is 4.99. The van der Waals surface area contributed by atoms with Crippen LogP contribution in [0.3, 0.4) is 0 Å². The van der Waals surface area contributed by atoms with Gasteiger partial charge in [0.25, 0.3) is 0 Å². The van der Waals surface area contributed by atoms with Gasteiger partial charge in [-0.1, -0.05) is 29.8 Å². The molecule has 0 aromatic heterocycles. The number of amides is 1. The van der Waals surface area contributed by atoms with Crippen LogP contribution < -0.4 is 0 Å². The predicted molar refractivity (Wildman–Crippen MR) is 66.1 cm³/mol. The maximum absolute atomic E-state index is 11.7. The zero-order chi connectivity index (χ0) is 10.8. The summed E-state index contributed by atoms with van der Waals surface area (Å²) >= 11 is 5.30. The molecule has 0 radical (unpaired) electrons. The van der Waals surface area contributed by atoms with Crippen molar-refractivity contribution in [3.05, 3.63) is 0 Å². The Hall–Kier alpha value is 0.300. The summed E-state index contributed by atoms with van der Waals surface area (Å²) in [5.41, 5.74) is 0. The van der Waals surface area contributed by atoms with Gasteiger partial charge in [-0.2, -0.15) is 11.8 Å². The molecule has 82 valence electrons. The Labute approximate surface area is 98.9 Å². The summed E-state index contributed by atoms with van der Waals surface area (Å²) in [6.07, 6.45) is 1.09. The van der Waals surface area contributed by atoms with Crippen LogP contribution in [-0.2, 0) is 4.79 Å². The average Bonchev–Trinajstić information content (AvgIpc) is 2.25. The summed E-state index contributed by atoms with van der Waals surface area (Å²) in [4.78, 5) is 13.7. The van der Waals surface area contributed by atoms with Crippen molar-refractivity contribution >= 4 is 33.6 Å². The highest BCUT2D eigenvalue weighted by Crippen LogP contribution is 2.30. The van der Waals surface area contributed by atoms with Crippen molar-refractivity contribution in [2.24, 2.45) is 0 Å². The maximum atomic E-state index is 11.7. The lowest BCUT2D eigenvalue weighted by Gasteiger charge is -2.23. The molecule has 1 heterocycles. The molecule has 0 N–H and O–H groups in total. The Morgan fingerprint density at radius 2 is 2.14 bits per heavy atom. The smallest absolute Gasteiger partial charge is 0.236 e. The summed E-state index contributed by atoms with van der Waals surface area (Å²) in [5, 5.41) is 0. The molecule has 1 fully saturated rings. The molecular formula is C10H18BrNOS. The number of alkyl halides is 1. The van der Waals surface area contributed by atoms with E-state index in [1.807, 2.05) is 23.6 Å². The molecule has 0 aromatic rings. The quantitative estimate of drug-likeness (QED) is 0.688. The van der Waals surface area contributed by atoms with Gasteiger partial charge in [0.05, 0.1) is 4.83 Å². The average molecular weight is 280 g/mol. The number of hydrogen-bond acceptors (Lipinski definition) is 2. The molecule has 1 amide bonds. The molecule has 1 aliphatic heterocycles. The normalized spacial score (nSPS) is 24.1. The summed E-state index contributed by atoms with van der Waals surface area (Å²) < 4.78 is 0.324. The fourth-order valence-corrected chi connectivity index (χ4v) is 2.88. The Morgan fingerprint density at radius 3 is 2.71 bits per heavy atom. The highest BCUT2D eigenvalue weighted by Gasteiger charge is 2.26. The van der Waals surface area contributed by atoms with Gasteiger partial charge in [-0.3, -0.25) is 4.79 Å². The van der Waals surface area contributed by atoms with Crippen LogP contribution in [-0.4, -0.2) is 39.2 Å². The minimum Gasteiger partial charge on any atom is -0.341 e. The van der Waals surface area contributed by atoms with Crippen molar-refractivity contribution in [2.45, 2.75) is 36.8 Å². The number of carbonyl (C=O) groups excluding carboxylic acids is 1. The third-order valence-electron chi connectivity index (χ3n) is 2.49. The van der Waals surface area contributed by atoms with E-state index in [9.17, 15) is 4.79 Å². The monoisotopic (exact) mass is 279 g/mol. The van der Waals surface area contributed by atoms with Crippen LogP contribution in [0.25, 0.3) is 0 Å². The second kappa shape index (κ2) is 4.88. The minimum atomic E-state index is -0.0475.